The van der Waals surface area contributed by atoms with Gasteiger partial charge < -0.3 is 19.9 Å². The average molecular weight is 259 g/mol. The molecule has 1 saturated heterocycles. The van der Waals surface area contributed by atoms with Gasteiger partial charge in [-0.05, 0) is 19.8 Å². The Bertz CT molecular complexity index is 286. The number of hydrogen-bond donors (Lipinski definition) is 2. The van der Waals surface area contributed by atoms with Crippen LogP contribution in [0.5, 0.6) is 0 Å². The summed E-state index contributed by atoms with van der Waals surface area (Å²) in [6, 6.07) is 0. The molecule has 2 N–H and O–H groups in total. The quantitative estimate of drug-likeness (QED) is 0.652. The van der Waals surface area contributed by atoms with Crippen molar-refractivity contribution in [2.45, 2.75) is 38.1 Å². The summed E-state index contributed by atoms with van der Waals surface area (Å²) in [5.41, 5.74) is -0.659. The lowest BCUT2D eigenvalue weighted by molar-refractivity contribution is -0.140. The van der Waals surface area contributed by atoms with E-state index in [1.165, 1.54) is 0 Å². The van der Waals surface area contributed by atoms with E-state index in [0.29, 0.717) is 39.3 Å². The second-order valence-corrected chi connectivity index (χ2v) is 4.46. The van der Waals surface area contributed by atoms with Crippen LogP contribution in [0.25, 0.3) is 0 Å². The SMILES string of the molecule is CCOCCC(=O)NC1(CC(=O)O)CCOCC1. The van der Waals surface area contributed by atoms with Gasteiger partial charge in [0.25, 0.3) is 0 Å². The maximum absolute atomic E-state index is 11.7. The fraction of sp³-hybridized carbons (Fsp3) is 0.833. The number of ether oxygens (including phenoxy) is 2. The van der Waals surface area contributed by atoms with Crippen molar-refractivity contribution < 1.29 is 24.2 Å². The van der Waals surface area contributed by atoms with Crippen LogP contribution in [-0.4, -0.2) is 48.9 Å². The smallest absolute Gasteiger partial charge is 0.305 e. The van der Waals surface area contributed by atoms with Crippen molar-refractivity contribution in [2.24, 2.45) is 0 Å². The summed E-state index contributed by atoms with van der Waals surface area (Å²) in [6.07, 6.45) is 1.28. The second-order valence-electron chi connectivity index (χ2n) is 4.46. The minimum atomic E-state index is -0.901. The van der Waals surface area contributed by atoms with E-state index in [2.05, 4.69) is 5.32 Å². The van der Waals surface area contributed by atoms with E-state index in [-0.39, 0.29) is 18.7 Å². The second kappa shape index (κ2) is 7.33. The predicted octanol–water partition coefficient (Wildman–Crippen LogP) is 0.553. The van der Waals surface area contributed by atoms with Gasteiger partial charge in [0.15, 0.2) is 0 Å². The van der Waals surface area contributed by atoms with Gasteiger partial charge >= 0.3 is 5.97 Å². The van der Waals surface area contributed by atoms with Crippen molar-refractivity contribution in [1.29, 1.82) is 0 Å². The Balaban J connectivity index is 2.49. The van der Waals surface area contributed by atoms with Gasteiger partial charge in [0, 0.05) is 26.2 Å². The lowest BCUT2D eigenvalue weighted by Gasteiger charge is -2.36. The van der Waals surface area contributed by atoms with Crippen LogP contribution < -0.4 is 5.32 Å². The van der Waals surface area contributed by atoms with Gasteiger partial charge in [-0.2, -0.15) is 0 Å². The number of carbonyl (C=O) groups is 2. The van der Waals surface area contributed by atoms with Crippen molar-refractivity contribution in [3.8, 4) is 0 Å². The van der Waals surface area contributed by atoms with Gasteiger partial charge in [-0.3, -0.25) is 9.59 Å². The first-order valence-corrected chi connectivity index (χ1v) is 6.26. The van der Waals surface area contributed by atoms with E-state index < -0.39 is 11.5 Å². The van der Waals surface area contributed by atoms with E-state index in [4.69, 9.17) is 14.6 Å². The summed E-state index contributed by atoms with van der Waals surface area (Å²) in [6.45, 7) is 3.77. The molecule has 1 aliphatic heterocycles. The van der Waals surface area contributed by atoms with Crippen molar-refractivity contribution >= 4 is 11.9 Å². The molecule has 0 spiro atoms. The number of rotatable bonds is 7. The third-order valence-electron chi connectivity index (χ3n) is 3.02. The van der Waals surface area contributed by atoms with E-state index >= 15 is 0 Å². The molecule has 6 nitrogen and oxygen atoms in total. The third-order valence-corrected chi connectivity index (χ3v) is 3.02. The molecule has 0 bridgehead atoms. The Labute approximate surface area is 107 Å². The first-order valence-electron chi connectivity index (χ1n) is 6.26. The Kier molecular flexibility index (Phi) is 6.07. The zero-order valence-corrected chi connectivity index (χ0v) is 10.7. The topological polar surface area (TPSA) is 84.9 Å². The Morgan fingerprint density at radius 3 is 2.61 bits per heavy atom. The van der Waals surface area contributed by atoms with E-state index in [9.17, 15) is 9.59 Å². The Hall–Kier alpha value is -1.14. The molecule has 1 fully saturated rings. The molecule has 0 aromatic rings. The van der Waals surface area contributed by atoms with Gasteiger partial charge in [-0.25, -0.2) is 0 Å². The molecule has 0 atom stereocenters. The van der Waals surface area contributed by atoms with Crippen molar-refractivity contribution in [3.63, 3.8) is 0 Å². The zero-order chi connectivity index (χ0) is 13.4. The first kappa shape index (κ1) is 14.9. The van der Waals surface area contributed by atoms with E-state index in [0.717, 1.165) is 0 Å². The zero-order valence-electron chi connectivity index (χ0n) is 10.7. The molecule has 1 rings (SSSR count). The fourth-order valence-electron chi connectivity index (χ4n) is 2.07. The third kappa shape index (κ3) is 5.01. The normalized spacial score (nSPS) is 18.3. The predicted molar refractivity (Wildman–Crippen MR) is 64.3 cm³/mol. The minimum absolute atomic E-state index is 0.0588. The minimum Gasteiger partial charge on any atom is -0.481 e. The van der Waals surface area contributed by atoms with Crippen LogP contribution in [0.15, 0.2) is 0 Å². The van der Waals surface area contributed by atoms with Crippen LogP contribution in [0.1, 0.15) is 32.6 Å². The van der Waals surface area contributed by atoms with E-state index in [1.54, 1.807) is 0 Å². The maximum Gasteiger partial charge on any atom is 0.305 e. The number of nitrogens with one attached hydrogen (secondary N) is 1. The van der Waals surface area contributed by atoms with Crippen molar-refractivity contribution in [1.82, 2.24) is 5.32 Å². The molecule has 6 heteroatoms. The summed E-state index contributed by atoms with van der Waals surface area (Å²) in [4.78, 5) is 22.6. The molecule has 0 unspecified atom stereocenters. The average Bonchev–Trinajstić information content (AvgIpc) is 2.29. The van der Waals surface area contributed by atoms with Crippen LogP contribution in [-0.2, 0) is 19.1 Å². The standard InChI is InChI=1S/C12H21NO5/c1-2-17-6-3-10(14)13-12(9-11(15)16)4-7-18-8-5-12/h2-9H2,1H3,(H,13,14)(H,15,16). The number of hydrogen-bond acceptors (Lipinski definition) is 4. The Morgan fingerprint density at radius 2 is 2.06 bits per heavy atom. The first-order chi connectivity index (χ1) is 8.58. The summed E-state index contributed by atoms with van der Waals surface area (Å²) < 4.78 is 10.3. The summed E-state index contributed by atoms with van der Waals surface area (Å²) in [5, 5.41) is 11.8. The van der Waals surface area contributed by atoms with Gasteiger partial charge in [0.05, 0.1) is 18.6 Å². The number of carboxylic acids is 1. The fourth-order valence-corrected chi connectivity index (χ4v) is 2.07. The molecule has 1 heterocycles. The molecule has 0 aromatic carbocycles. The molecule has 1 amide bonds. The molecular weight excluding hydrogens is 238 g/mol. The molecule has 0 radical (unpaired) electrons. The van der Waals surface area contributed by atoms with Gasteiger partial charge in [0.2, 0.25) is 5.91 Å². The lowest BCUT2D eigenvalue weighted by Crippen LogP contribution is -2.53. The molecular formula is C12H21NO5. The number of carboxylic acid groups (broad SMARTS) is 1. The summed E-state index contributed by atoms with van der Waals surface area (Å²) >= 11 is 0. The van der Waals surface area contributed by atoms with Crippen LogP contribution in [0.3, 0.4) is 0 Å². The molecule has 104 valence electrons. The van der Waals surface area contributed by atoms with Crippen molar-refractivity contribution in [3.05, 3.63) is 0 Å². The van der Waals surface area contributed by atoms with Crippen LogP contribution in [0.4, 0.5) is 0 Å². The summed E-state index contributed by atoms with van der Waals surface area (Å²) in [5.74, 6) is -1.06. The number of aliphatic carboxylic acids is 1. The largest absolute Gasteiger partial charge is 0.481 e. The summed E-state index contributed by atoms with van der Waals surface area (Å²) in [7, 11) is 0. The van der Waals surface area contributed by atoms with Crippen LogP contribution in [0.2, 0.25) is 0 Å². The molecule has 0 aliphatic carbocycles. The van der Waals surface area contributed by atoms with Gasteiger partial charge in [-0.1, -0.05) is 0 Å². The van der Waals surface area contributed by atoms with Crippen LogP contribution >= 0.6 is 0 Å². The highest BCUT2D eigenvalue weighted by molar-refractivity contribution is 5.78. The highest BCUT2D eigenvalue weighted by Gasteiger charge is 2.36. The molecule has 0 saturated carbocycles. The monoisotopic (exact) mass is 259 g/mol. The molecule has 18 heavy (non-hydrogen) atoms. The number of carbonyl (C=O) groups excluding carboxylic acids is 1. The van der Waals surface area contributed by atoms with Gasteiger partial charge in [-0.15, -0.1) is 0 Å². The number of amides is 1. The Morgan fingerprint density at radius 1 is 1.39 bits per heavy atom. The highest BCUT2D eigenvalue weighted by Crippen LogP contribution is 2.24. The highest BCUT2D eigenvalue weighted by atomic mass is 16.5. The van der Waals surface area contributed by atoms with E-state index in [1.807, 2.05) is 6.92 Å². The van der Waals surface area contributed by atoms with Gasteiger partial charge in [0.1, 0.15) is 0 Å². The van der Waals surface area contributed by atoms with Crippen molar-refractivity contribution in [2.75, 3.05) is 26.4 Å². The maximum atomic E-state index is 11.7. The molecule has 1 aliphatic rings. The lowest BCUT2D eigenvalue weighted by atomic mass is 9.86. The molecule has 0 aromatic heterocycles. The van der Waals surface area contributed by atoms with Crippen LogP contribution in [0, 0.1) is 0 Å².